The zero-order valence-electron chi connectivity index (χ0n) is 13.7. The van der Waals surface area contributed by atoms with E-state index in [0.29, 0.717) is 19.6 Å². The number of nitrogens with one attached hydrogen (secondary N) is 1. The molecule has 6 nitrogen and oxygen atoms in total. The number of carbonyl (C=O) groups is 2. The molecule has 1 saturated heterocycles. The predicted molar refractivity (Wildman–Crippen MR) is 80.4 cm³/mol. The van der Waals surface area contributed by atoms with Crippen LogP contribution < -0.4 is 5.32 Å². The third kappa shape index (κ3) is 4.68. The van der Waals surface area contributed by atoms with E-state index in [2.05, 4.69) is 5.32 Å². The fourth-order valence-electron chi connectivity index (χ4n) is 3.20. The number of hydrogen-bond acceptors (Lipinski definition) is 5. The fraction of sp³-hybridized carbons (Fsp3) is 0.875. The molecule has 0 radical (unpaired) electrons. The second-order valence-corrected chi connectivity index (χ2v) is 7.10. The van der Waals surface area contributed by atoms with Gasteiger partial charge < -0.3 is 24.3 Å². The molecule has 0 aromatic carbocycles. The van der Waals surface area contributed by atoms with Crippen LogP contribution in [0.5, 0.6) is 0 Å². The lowest BCUT2D eigenvalue weighted by Gasteiger charge is -2.38. The van der Waals surface area contributed by atoms with Gasteiger partial charge in [-0.3, -0.25) is 0 Å². The Morgan fingerprint density at radius 1 is 1.32 bits per heavy atom. The van der Waals surface area contributed by atoms with Gasteiger partial charge in [0.1, 0.15) is 11.9 Å². The maximum absolute atomic E-state index is 11.9. The van der Waals surface area contributed by atoms with Gasteiger partial charge in [-0.05, 0) is 39.5 Å². The first kappa shape index (κ1) is 17.2. The number of rotatable bonds is 4. The molecule has 6 heteroatoms. The van der Waals surface area contributed by atoms with Crippen LogP contribution in [0.15, 0.2) is 0 Å². The van der Waals surface area contributed by atoms with Crippen molar-refractivity contribution in [3.05, 3.63) is 0 Å². The van der Waals surface area contributed by atoms with Crippen LogP contribution in [0.3, 0.4) is 0 Å². The number of hydrogen-bond donors (Lipinski definition) is 1. The van der Waals surface area contributed by atoms with Gasteiger partial charge in [0.05, 0.1) is 13.2 Å². The first-order chi connectivity index (χ1) is 10.3. The Hall–Kier alpha value is -1.14. The first-order valence-corrected chi connectivity index (χ1v) is 8.05. The summed E-state index contributed by atoms with van der Waals surface area (Å²) in [4.78, 5) is 22.9. The van der Waals surface area contributed by atoms with E-state index in [1.807, 2.05) is 20.8 Å². The van der Waals surface area contributed by atoms with Gasteiger partial charge in [-0.15, -0.1) is 0 Å². The normalized spacial score (nSPS) is 23.2. The summed E-state index contributed by atoms with van der Waals surface area (Å²) in [5, 5.41) is 2.85. The minimum Gasteiger partial charge on any atom is -0.444 e. The van der Waals surface area contributed by atoms with Gasteiger partial charge in [-0.2, -0.15) is 0 Å². The van der Waals surface area contributed by atoms with Gasteiger partial charge in [0.2, 0.25) is 0 Å². The van der Waals surface area contributed by atoms with E-state index in [9.17, 15) is 9.59 Å². The molecule has 2 aliphatic rings. The minimum atomic E-state index is -0.544. The average molecular weight is 313 g/mol. The Balaban J connectivity index is 1.88. The highest BCUT2D eigenvalue weighted by Gasteiger charge is 2.42. The number of amides is 1. The van der Waals surface area contributed by atoms with Gasteiger partial charge in [0.15, 0.2) is 5.79 Å². The third-order valence-corrected chi connectivity index (χ3v) is 4.23. The van der Waals surface area contributed by atoms with Crippen molar-refractivity contribution < 1.29 is 23.8 Å². The second kappa shape index (κ2) is 6.96. The van der Waals surface area contributed by atoms with E-state index in [0.717, 1.165) is 32.0 Å². The first-order valence-electron chi connectivity index (χ1n) is 8.05. The van der Waals surface area contributed by atoms with E-state index in [1.165, 1.54) is 0 Å². The Kier molecular flexibility index (Phi) is 5.45. The van der Waals surface area contributed by atoms with Gasteiger partial charge in [0.25, 0.3) is 0 Å². The van der Waals surface area contributed by atoms with Crippen LogP contribution in [-0.4, -0.2) is 43.0 Å². The van der Waals surface area contributed by atoms with Crippen molar-refractivity contribution >= 4 is 12.4 Å². The lowest BCUT2D eigenvalue weighted by atomic mass is 9.80. The van der Waals surface area contributed by atoms with Crippen LogP contribution >= 0.6 is 0 Å². The molecule has 22 heavy (non-hydrogen) atoms. The molecule has 1 N–H and O–H groups in total. The van der Waals surface area contributed by atoms with E-state index >= 15 is 0 Å². The maximum Gasteiger partial charge on any atom is 0.407 e. The summed E-state index contributed by atoms with van der Waals surface area (Å²) in [7, 11) is 0. The second-order valence-electron chi connectivity index (χ2n) is 7.10. The van der Waals surface area contributed by atoms with E-state index in [-0.39, 0.29) is 12.0 Å². The molecule has 1 heterocycles. The van der Waals surface area contributed by atoms with Crippen molar-refractivity contribution in [2.24, 2.45) is 5.92 Å². The quantitative estimate of drug-likeness (QED) is 0.807. The number of ether oxygens (including phenoxy) is 3. The summed E-state index contributed by atoms with van der Waals surface area (Å²) in [5.74, 6) is -0.176. The number of aldehydes is 1. The minimum absolute atomic E-state index is 0.189. The molecule has 1 saturated carbocycles. The molecule has 1 spiro atoms. The van der Waals surface area contributed by atoms with Crippen molar-refractivity contribution in [1.29, 1.82) is 0 Å². The standard InChI is InChI=1S/C16H27NO5/c1-15(2,3)22-14(19)17-13(6-9-18)12-4-7-16(8-5-12)20-10-11-21-16/h9,12-13H,4-8,10-11H2,1-3H3,(H,17,19). The van der Waals surface area contributed by atoms with Crippen molar-refractivity contribution in [2.45, 2.75) is 70.3 Å². The zero-order valence-corrected chi connectivity index (χ0v) is 13.7. The van der Waals surface area contributed by atoms with Crippen LogP contribution in [-0.2, 0) is 19.0 Å². The molecular weight excluding hydrogens is 286 g/mol. The highest BCUT2D eigenvalue weighted by atomic mass is 16.7. The highest BCUT2D eigenvalue weighted by molar-refractivity contribution is 5.68. The fourth-order valence-corrected chi connectivity index (χ4v) is 3.20. The van der Waals surface area contributed by atoms with E-state index in [1.54, 1.807) is 0 Å². The lowest BCUT2D eigenvalue weighted by Crippen LogP contribution is -2.46. The van der Waals surface area contributed by atoms with Crippen LogP contribution in [0.1, 0.15) is 52.9 Å². The number of alkyl carbamates (subject to hydrolysis) is 1. The van der Waals surface area contributed by atoms with Crippen molar-refractivity contribution in [2.75, 3.05) is 13.2 Å². The van der Waals surface area contributed by atoms with Gasteiger partial charge in [-0.25, -0.2) is 4.79 Å². The van der Waals surface area contributed by atoms with E-state index in [4.69, 9.17) is 14.2 Å². The monoisotopic (exact) mass is 313 g/mol. The summed E-state index contributed by atoms with van der Waals surface area (Å²) in [5.41, 5.74) is -0.544. The summed E-state index contributed by atoms with van der Waals surface area (Å²) < 4.78 is 16.7. The van der Waals surface area contributed by atoms with Crippen LogP contribution in [0.2, 0.25) is 0 Å². The Morgan fingerprint density at radius 2 is 1.91 bits per heavy atom. The molecule has 1 unspecified atom stereocenters. The van der Waals surface area contributed by atoms with Gasteiger partial charge >= 0.3 is 6.09 Å². The summed E-state index contributed by atoms with van der Waals surface area (Å²) in [6.07, 6.45) is 4.05. The van der Waals surface area contributed by atoms with Crippen molar-refractivity contribution in [1.82, 2.24) is 5.32 Å². The number of carbonyl (C=O) groups excluding carboxylic acids is 2. The Morgan fingerprint density at radius 3 is 2.41 bits per heavy atom. The predicted octanol–water partition coefficient (Wildman–Crippen LogP) is 2.40. The molecular formula is C16H27NO5. The van der Waals surface area contributed by atoms with E-state index < -0.39 is 17.5 Å². The highest BCUT2D eigenvalue weighted by Crippen LogP contribution is 2.39. The zero-order chi connectivity index (χ0) is 16.2. The molecule has 2 fully saturated rings. The molecule has 1 amide bonds. The molecule has 1 aliphatic heterocycles. The van der Waals surface area contributed by atoms with Gasteiger partial charge in [-0.1, -0.05) is 0 Å². The summed E-state index contributed by atoms with van der Waals surface area (Å²) in [6.45, 7) is 6.76. The summed E-state index contributed by atoms with van der Waals surface area (Å²) in [6, 6.07) is -0.189. The largest absolute Gasteiger partial charge is 0.444 e. The van der Waals surface area contributed by atoms with Crippen molar-refractivity contribution in [3.63, 3.8) is 0 Å². The van der Waals surface area contributed by atoms with Crippen LogP contribution in [0, 0.1) is 5.92 Å². The molecule has 1 atom stereocenters. The van der Waals surface area contributed by atoms with Crippen LogP contribution in [0.25, 0.3) is 0 Å². The Labute approximate surface area is 131 Å². The molecule has 2 rings (SSSR count). The third-order valence-electron chi connectivity index (χ3n) is 4.23. The molecule has 0 bridgehead atoms. The molecule has 1 aliphatic carbocycles. The SMILES string of the molecule is CC(C)(C)OC(=O)NC(CC=O)C1CCC2(CC1)OCCO2. The van der Waals surface area contributed by atoms with Crippen LogP contribution in [0.4, 0.5) is 4.79 Å². The molecule has 0 aromatic rings. The average Bonchev–Trinajstić information content (AvgIpc) is 2.85. The Bertz CT molecular complexity index is 388. The maximum atomic E-state index is 11.9. The van der Waals surface area contributed by atoms with Gasteiger partial charge in [0, 0.05) is 25.3 Å². The summed E-state index contributed by atoms with van der Waals surface area (Å²) >= 11 is 0. The lowest BCUT2D eigenvalue weighted by molar-refractivity contribution is -0.183. The van der Waals surface area contributed by atoms with Crippen molar-refractivity contribution in [3.8, 4) is 0 Å². The molecule has 126 valence electrons. The molecule has 0 aromatic heterocycles. The topological polar surface area (TPSA) is 73.9 Å². The smallest absolute Gasteiger partial charge is 0.407 e.